The number of halogens is 2. The van der Waals surface area contributed by atoms with E-state index in [-0.39, 0.29) is 5.69 Å². The van der Waals surface area contributed by atoms with Gasteiger partial charge < -0.3 is 10.6 Å². The molecule has 5 nitrogen and oxygen atoms in total. The van der Waals surface area contributed by atoms with Crippen molar-refractivity contribution < 1.29 is 13.7 Å². The Balaban J connectivity index is 2.24. The van der Waals surface area contributed by atoms with Crippen LogP contribution in [0.2, 0.25) is 0 Å². The number of rotatable bonds is 3. The summed E-state index contributed by atoms with van der Waals surface area (Å²) in [6.07, 6.45) is 1.54. The minimum atomic E-state index is -0.891. The molecule has 0 bridgehead atoms. The van der Waals surface area contributed by atoms with Crippen LogP contribution in [0, 0.1) is 27.7 Å². The number of hydrogen-bond acceptors (Lipinski definition) is 4. The van der Waals surface area contributed by atoms with Crippen molar-refractivity contribution in [2.24, 2.45) is 11.7 Å². The summed E-state index contributed by atoms with van der Waals surface area (Å²) in [5, 5.41) is 10.5. The Hall–Kier alpha value is -1.76. The lowest BCUT2D eigenvalue weighted by Gasteiger charge is -2.33. The molecular formula is C12H15F2N3O2. The number of nitrogens with two attached hydrogens (primary N) is 1. The highest BCUT2D eigenvalue weighted by Gasteiger charge is 2.25. The Bertz CT molecular complexity index is 465. The third-order valence-corrected chi connectivity index (χ3v) is 3.48. The lowest BCUT2D eigenvalue weighted by molar-refractivity contribution is -0.385. The number of anilines is 1. The fourth-order valence-corrected chi connectivity index (χ4v) is 2.35. The zero-order valence-corrected chi connectivity index (χ0v) is 10.3. The monoisotopic (exact) mass is 271 g/mol. The summed E-state index contributed by atoms with van der Waals surface area (Å²) in [6.45, 7) is 1.58. The van der Waals surface area contributed by atoms with Crippen molar-refractivity contribution >= 4 is 11.4 Å². The number of non-ortho nitro benzene ring substituents is 1. The van der Waals surface area contributed by atoms with Crippen LogP contribution in [0.5, 0.6) is 0 Å². The molecule has 1 aromatic rings. The van der Waals surface area contributed by atoms with E-state index in [0.717, 1.165) is 25.0 Å². The molecule has 1 aliphatic rings. The minimum Gasteiger partial charge on any atom is -0.367 e. The van der Waals surface area contributed by atoms with Gasteiger partial charge in [-0.2, -0.15) is 0 Å². The molecule has 0 atom stereocenters. The second-order valence-corrected chi connectivity index (χ2v) is 4.68. The van der Waals surface area contributed by atoms with Crippen molar-refractivity contribution in [3.05, 3.63) is 33.9 Å². The molecule has 0 amide bonds. The van der Waals surface area contributed by atoms with Gasteiger partial charge in [0.2, 0.25) is 0 Å². The van der Waals surface area contributed by atoms with E-state index in [2.05, 4.69) is 0 Å². The second-order valence-electron chi connectivity index (χ2n) is 4.68. The molecule has 7 heteroatoms. The standard InChI is InChI=1S/C12H15F2N3O2/c13-10-5-9(17(18)19)6-11(14)12(10)16-3-1-8(7-15)2-4-16/h5-6,8H,1-4,7,15H2. The van der Waals surface area contributed by atoms with Crippen LogP contribution in [-0.2, 0) is 0 Å². The zero-order chi connectivity index (χ0) is 14.0. The highest BCUT2D eigenvalue weighted by Crippen LogP contribution is 2.30. The van der Waals surface area contributed by atoms with Gasteiger partial charge in [-0.05, 0) is 25.3 Å². The van der Waals surface area contributed by atoms with E-state index in [4.69, 9.17) is 5.73 Å². The Morgan fingerprint density at radius 2 is 1.84 bits per heavy atom. The van der Waals surface area contributed by atoms with Gasteiger partial charge in [0, 0.05) is 13.1 Å². The van der Waals surface area contributed by atoms with E-state index in [1.54, 1.807) is 4.90 Å². The van der Waals surface area contributed by atoms with E-state index < -0.39 is 22.2 Å². The van der Waals surface area contributed by atoms with Gasteiger partial charge in [0.1, 0.15) is 5.69 Å². The van der Waals surface area contributed by atoms with Crippen LogP contribution in [0.1, 0.15) is 12.8 Å². The van der Waals surface area contributed by atoms with E-state index in [1.165, 1.54) is 0 Å². The van der Waals surface area contributed by atoms with Crippen molar-refractivity contribution in [2.45, 2.75) is 12.8 Å². The van der Waals surface area contributed by atoms with Crippen LogP contribution in [0.4, 0.5) is 20.2 Å². The summed E-state index contributed by atoms with van der Waals surface area (Å²) in [6, 6.07) is 1.51. The van der Waals surface area contributed by atoms with Crippen LogP contribution in [0.3, 0.4) is 0 Å². The van der Waals surface area contributed by atoms with Crippen LogP contribution < -0.4 is 10.6 Å². The number of benzene rings is 1. The van der Waals surface area contributed by atoms with Crippen molar-refractivity contribution in [1.82, 2.24) is 0 Å². The molecule has 2 N–H and O–H groups in total. The lowest BCUT2D eigenvalue weighted by atomic mass is 9.96. The third kappa shape index (κ3) is 2.81. The molecule has 2 rings (SSSR count). The number of nitro groups is 1. The van der Waals surface area contributed by atoms with Crippen LogP contribution in [-0.4, -0.2) is 24.6 Å². The van der Waals surface area contributed by atoms with Crippen molar-refractivity contribution in [2.75, 3.05) is 24.5 Å². The SMILES string of the molecule is NCC1CCN(c2c(F)cc([N+](=O)[O-])cc2F)CC1. The number of nitro benzene ring substituents is 1. The maximum absolute atomic E-state index is 13.8. The summed E-state index contributed by atoms with van der Waals surface area (Å²) in [5.74, 6) is -1.41. The molecule has 0 unspecified atom stereocenters. The summed E-state index contributed by atoms with van der Waals surface area (Å²) in [5.41, 5.74) is 4.81. The summed E-state index contributed by atoms with van der Waals surface area (Å²) >= 11 is 0. The molecule has 1 fully saturated rings. The Morgan fingerprint density at radius 3 is 2.26 bits per heavy atom. The molecule has 0 aliphatic carbocycles. The van der Waals surface area contributed by atoms with E-state index in [1.807, 2.05) is 0 Å². The zero-order valence-electron chi connectivity index (χ0n) is 10.3. The summed E-state index contributed by atoms with van der Waals surface area (Å²) in [4.78, 5) is 11.3. The topological polar surface area (TPSA) is 72.4 Å². The number of nitrogens with zero attached hydrogens (tertiary/aromatic N) is 2. The quantitative estimate of drug-likeness (QED) is 0.674. The summed E-state index contributed by atoms with van der Waals surface area (Å²) in [7, 11) is 0. The summed E-state index contributed by atoms with van der Waals surface area (Å²) < 4.78 is 27.6. The largest absolute Gasteiger partial charge is 0.367 e. The predicted octanol–water partition coefficient (Wildman–Crippen LogP) is 2.05. The first kappa shape index (κ1) is 13.7. The van der Waals surface area contributed by atoms with Gasteiger partial charge in [-0.25, -0.2) is 8.78 Å². The number of piperidine rings is 1. The van der Waals surface area contributed by atoms with Gasteiger partial charge in [0.25, 0.3) is 5.69 Å². The minimum absolute atomic E-state index is 0.180. The van der Waals surface area contributed by atoms with E-state index in [0.29, 0.717) is 25.6 Å². The van der Waals surface area contributed by atoms with Crippen LogP contribution in [0.25, 0.3) is 0 Å². The first-order chi connectivity index (χ1) is 9.02. The van der Waals surface area contributed by atoms with Gasteiger partial charge in [-0.1, -0.05) is 0 Å². The molecule has 1 aliphatic heterocycles. The fraction of sp³-hybridized carbons (Fsp3) is 0.500. The first-order valence-corrected chi connectivity index (χ1v) is 6.11. The lowest BCUT2D eigenvalue weighted by Crippen LogP contribution is -2.37. The molecule has 0 aromatic heterocycles. The molecule has 0 saturated carbocycles. The van der Waals surface area contributed by atoms with Gasteiger partial charge >= 0.3 is 0 Å². The van der Waals surface area contributed by atoms with Crippen molar-refractivity contribution in [3.8, 4) is 0 Å². The fourth-order valence-electron chi connectivity index (χ4n) is 2.35. The highest BCUT2D eigenvalue weighted by molar-refractivity contribution is 5.54. The molecule has 0 spiro atoms. The molecule has 19 heavy (non-hydrogen) atoms. The Labute approximate surface area is 109 Å². The molecule has 1 heterocycles. The molecule has 1 aromatic carbocycles. The first-order valence-electron chi connectivity index (χ1n) is 6.11. The molecule has 0 radical (unpaired) electrons. The number of hydrogen-bond donors (Lipinski definition) is 1. The Morgan fingerprint density at radius 1 is 1.32 bits per heavy atom. The van der Waals surface area contributed by atoms with Gasteiger partial charge in [-0.3, -0.25) is 10.1 Å². The average molecular weight is 271 g/mol. The maximum atomic E-state index is 13.8. The second kappa shape index (κ2) is 5.48. The van der Waals surface area contributed by atoms with E-state index >= 15 is 0 Å². The predicted molar refractivity (Wildman–Crippen MR) is 67.0 cm³/mol. The van der Waals surface area contributed by atoms with Crippen LogP contribution >= 0.6 is 0 Å². The average Bonchev–Trinajstić information content (AvgIpc) is 2.38. The smallest absolute Gasteiger partial charge is 0.275 e. The third-order valence-electron chi connectivity index (χ3n) is 3.48. The van der Waals surface area contributed by atoms with E-state index in [9.17, 15) is 18.9 Å². The molecule has 1 saturated heterocycles. The normalized spacial score (nSPS) is 16.7. The van der Waals surface area contributed by atoms with Crippen LogP contribution in [0.15, 0.2) is 12.1 Å². The molecular weight excluding hydrogens is 256 g/mol. The maximum Gasteiger partial charge on any atom is 0.275 e. The van der Waals surface area contributed by atoms with Gasteiger partial charge in [0.15, 0.2) is 11.6 Å². The Kier molecular flexibility index (Phi) is 3.94. The van der Waals surface area contributed by atoms with Gasteiger partial charge in [-0.15, -0.1) is 0 Å². The van der Waals surface area contributed by atoms with Crippen molar-refractivity contribution in [1.29, 1.82) is 0 Å². The van der Waals surface area contributed by atoms with Gasteiger partial charge in [0.05, 0.1) is 17.1 Å². The molecule has 104 valence electrons. The van der Waals surface area contributed by atoms with Crippen molar-refractivity contribution in [3.63, 3.8) is 0 Å². The highest BCUT2D eigenvalue weighted by atomic mass is 19.1.